The van der Waals surface area contributed by atoms with Crippen molar-refractivity contribution < 1.29 is 18.3 Å². The number of benzene rings is 1. The monoisotopic (exact) mass is 554 g/mol. The topological polar surface area (TPSA) is 98.7 Å². The number of furan rings is 1. The number of methoxy groups -OCH3 is 1. The number of likely N-dealkylation sites (tertiary alicyclic amines) is 1. The first-order valence-corrected chi connectivity index (χ1v) is 13.7. The summed E-state index contributed by atoms with van der Waals surface area (Å²) in [5, 5.41) is 9.85. The molecule has 3 aromatic heterocycles. The van der Waals surface area contributed by atoms with Crippen molar-refractivity contribution in [2.45, 2.75) is 25.1 Å². The smallest absolute Gasteiger partial charge is 0.255 e. The quantitative estimate of drug-likeness (QED) is 0.337. The fraction of sp³-hybridized carbons (Fsp3) is 0.355. The second kappa shape index (κ2) is 10.8. The van der Waals surface area contributed by atoms with Crippen LogP contribution in [0.15, 0.2) is 53.2 Å². The predicted octanol–water partition coefficient (Wildman–Crippen LogP) is 4.76. The summed E-state index contributed by atoms with van der Waals surface area (Å²) in [6, 6.07) is 13.5. The molecule has 2 fully saturated rings. The number of ether oxygens (including phenoxy) is 1. The number of halogens is 1. The number of rotatable bonds is 6. The van der Waals surface area contributed by atoms with Gasteiger partial charge in [0.25, 0.3) is 5.91 Å². The van der Waals surface area contributed by atoms with E-state index in [2.05, 4.69) is 20.9 Å². The molecular weight excluding hydrogens is 523 g/mol. The summed E-state index contributed by atoms with van der Waals surface area (Å²) < 4.78 is 25.7. The Balaban J connectivity index is 1.32. The number of aromatic nitrogens is 2. The molecule has 0 unspecified atom stereocenters. The zero-order valence-electron chi connectivity index (χ0n) is 23.3. The van der Waals surface area contributed by atoms with Gasteiger partial charge in [0, 0.05) is 56.2 Å². The Kier molecular flexibility index (Phi) is 7.05. The average Bonchev–Trinajstić information content (AvgIpc) is 3.75. The second-order valence-corrected chi connectivity index (χ2v) is 10.8. The van der Waals surface area contributed by atoms with Crippen molar-refractivity contribution in [3.05, 3.63) is 59.9 Å². The van der Waals surface area contributed by atoms with E-state index in [1.165, 1.54) is 7.11 Å². The predicted molar refractivity (Wildman–Crippen MR) is 154 cm³/mol. The number of likely N-dealkylation sites (N-methyl/N-ethyl adjacent to an activating group) is 1. The molecule has 10 heteroatoms. The van der Waals surface area contributed by atoms with Crippen LogP contribution in [0.1, 0.15) is 28.8 Å². The molecular formula is C31H31FN6O3. The van der Waals surface area contributed by atoms with Gasteiger partial charge in [0.15, 0.2) is 11.3 Å². The van der Waals surface area contributed by atoms with Crippen LogP contribution < -0.4 is 9.64 Å². The highest BCUT2D eigenvalue weighted by Gasteiger charge is 2.29. The summed E-state index contributed by atoms with van der Waals surface area (Å²) in [5.74, 6) is 0.800. The molecule has 0 radical (unpaired) electrons. The first kappa shape index (κ1) is 26.7. The number of hydrogen-bond donors (Lipinski definition) is 0. The average molecular weight is 555 g/mol. The normalized spacial score (nSPS) is 18.8. The molecule has 0 saturated carbocycles. The van der Waals surface area contributed by atoms with Crippen LogP contribution in [0.5, 0.6) is 5.75 Å². The van der Waals surface area contributed by atoms with Crippen LogP contribution in [0.3, 0.4) is 0 Å². The lowest BCUT2D eigenvalue weighted by Crippen LogP contribution is -2.34. The number of fused-ring (bicyclic) bond motifs is 1. The summed E-state index contributed by atoms with van der Waals surface area (Å²) in [7, 11) is 5.59. The minimum atomic E-state index is -0.879. The summed E-state index contributed by atoms with van der Waals surface area (Å²) in [6.07, 6.45) is 3.77. The Hall–Kier alpha value is -4.49. The van der Waals surface area contributed by atoms with Crippen LogP contribution in [0.2, 0.25) is 0 Å². The Morgan fingerprint density at radius 1 is 1.15 bits per heavy atom. The van der Waals surface area contributed by atoms with E-state index < -0.39 is 6.17 Å². The van der Waals surface area contributed by atoms with Gasteiger partial charge in [0.2, 0.25) is 0 Å². The lowest BCUT2D eigenvalue weighted by Gasteiger charge is -2.20. The lowest BCUT2D eigenvalue weighted by molar-refractivity contribution is 0.0782. The number of nitriles is 1. The maximum Gasteiger partial charge on any atom is 0.255 e. The molecule has 9 nitrogen and oxygen atoms in total. The third kappa shape index (κ3) is 4.98. The second-order valence-electron chi connectivity index (χ2n) is 10.8. The standard InChI is InChI=1S/C31H31FN6O3/c1-36(2)23-8-11-38(18-23)31(39)21-13-27(40-3)29(35-16-21)28-14-25-30(41-28)24(6-9-34-25)19-4-5-26(20(12-19)15-33)37-10-7-22(32)17-37/h4-6,9,12-14,16,22-23H,7-8,10-11,17-18H2,1-3H3/t22-,23-/m0/s1. The van der Waals surface area contributed by atoms with Crippen LogP contribution in [0.25, 0.3) is 33.7 Å². The number of carbonyl (C=O) groups excluding carboxylic acids is 1. The van der Waals surface area contributed by atoms with E-state index >= 15 is 0 Å². The van der Waals surface area contributed by atoms with Gasteiger partial charge in [0.05, 0.1) is 23.9 Å². The highest BCUT2D eigenvalue weighted by atomic mass is 19.1. The van der Waals surface area contributed by atoms with Crippen molar-refractivity contribution in [3.63, 3.8) is 0 Å². The minimum Gasteiger partial charge on any atom is -0.494 e. The molecule has 2 saturated heterocycles. The molecule has 2 aliphatic heterocycles. The third-order valence-corrected chi connectivity index (χ3v) is 8.05. The maximum absolute atomic E-state index is 13.8. The molecule has 5 heterocycles. The van der Waals surface area contributed by atoms with Gasteiger partial charge >= 0.3 is 0 Å². The number of anilines is 1. The van der Waals surface area contributed by atoms with Crippen LogP contribution >= 0.6 is 0 Å². The number of pyridine rings is 2. The van der Waals surface area contributed by atoms with E-state index in [0.717, 1.165) is 23.2 Å². The first-order valence-electron chi connectivity index (χ1n) is 13.7. The van der Waals surface area contributed by atoms with Crippen LogP contribution in [0.4, 0.5) is 10.1 Å². The van der Waals surface area contributed by atoms with Crippen LogP contribution in [-0.4, -0.2) is 85.3 Å². The van der Waals surface area contributed by atoms with Crippen LogP contribution in [0, 0.1) is 11.3 Å². The van der Waals surface area contributed by atoms with Crippen molar-refractivity contribution in [3.8, 4) is 34.4 Å². The Bertz CT molecular complexity index is 1660. The van der Waals surface area contributed by atoms with Crippen molar-refractivity contribution >= 4 is 22.7 Å². The van der Waals surface area contributed by atoms with Gasteiger partial charge in [-0.05, 0) is 56.8 Å². The van der Waals surface area contributed by atoms with Crippen molar-refractivity contribution in [2.75, 3.05) is 52.3 Å². The summed E-state index contributed by atoms with van der Waals surface area (Å²) >= 11 is 0. The van der Waals surface area contributed by atoms with E-state index in [0.29, 0.717) is 78.1 Å². The first-order chi connectivity index (χ1) is 19.9. The highest BCUT2D eigenvalue weighted by Crippen LogP contribution is 2.38. The third-order valence-electron chi connectivity index (χ3n) is 8.05. The molecule has 0 N–H and O–H groups in total. The Morgan fingerprint density at radius 3 is 2.71 bits per heavy atom. The molecule has 4 aromatic rings. The number of amides is 1. The van der Waals surface area contributed by atoms with Gasteiger partial charge in [-0.3, -0.25) is 9.78 Å². The van der Waals surface area contributed by atoms with E-state index in [4.69, 9.17) is 9.15 Å². The number of hydrogen-bond acceptors (Lipinski definition) is 8. The van der Waals surface area contributed by atoms with Gasteiger partial charge < -0.3 is 23.9 Å². The van der Waals surface area contributed by atoms with Gasteiger partial charge in [-0.2, -0.15) is 5.26 Å². The van der Waals surface area contributed by atoms with E-state index in [9.17, 15) is 14.4 Å². The number of nitrogens with zero attached hydrogens (tertiary/aromatic N) is 6. The summed E-state index contributed by atoms with van der Waals surface area (Å²) in [4.78, 5) is 28.1. The van der Waals surface area contributed by atoms with E-state index in [1.54, 1.807) is 30.6 Å². The minimum absolute atomic E-state index is 0.0760. The molecule has 0 bridgehead atoms. The molecule has 6 rings (SSSR count). The van der Waals surface area contributed by atoms with Crippen LogP contribution in [-0.2, 0) is 0 Å². The van der Waals surface area contributed by atoms with Gasteiger partial charge in [-0.25, -0.2) is 9.37 Å². The highest BCUT2D eigenvalue weighted by molar-refractivity contribution is 5.96. The fourth-order valence-corrected chi connectivity index (χ4v) is 5.72. The molecule has 1 amide bonds. The molecule has 41 heavy (non-hydrogen) atoms. The molecule has 1 aromatic carbocycles. The Morgan fingerprint density at radius 2 is 2.00 bits per heavy atom. The van der Waals surface area contributed by atoms with E-state index in [1.807, 2.05) is 42.1 Å². The summed E-state index contributed by atoms with van der Waals surface area (Å²) in [5.41, 5.74) is 4.85. The zero-order chi connectivity index (χ0) is 28.7. The maximum atomic E-state index is 13.8. The van der Waals surface area contributed by atoms with Crippen molar-refractivity contribution in [1.82, 2.24) is 19.8 Å². The number of alkyl halides is 1. The van der Waals surface area contributed by atoms with Gasteiger partial charge in [-0.1, -0.05) is 6.07 Å². The Labute approximate surface area is 237 Å². The molecule has 0 spiro atoms. The van der Waals surface area contributed by atoms with Crippen molar-refractivity contribution in [2.24, 2.45) is 0 Å². The van der Waals surface area contributed by atoms with Gasteiger partial charge in [0.1, 0.15) is 29.2 Å². The van der Waals surface area contributed by atoms with Gasteiger partial charge in [-0.15, -0.1) is 0 Å². The molecule has 2 aliphatic rings. The fourth-order valence-electron chi connectivity index (χ4n) is 5.72. The largest absolute Gasteiger partial charge is 0.494 e. The van der Waals surface area contributed by atoms with E-state index in [-0.39, 0.29) is 5.91 Å². The summed E-state index contributed by atoms with van der Waals surface area (Å²) in [6.45, 7) is 2.26. The zero-order valence-corrected chi connectivity index (χ0v) is 23.3. The molecule has 210 valence electrons. The molecule has 0 aliphatic carbocycles. The van der Waals surface area contributed by atoms with Crippen molar-refractivity contribution in [1.29, 1.82) is 5.26 Å². The number of carbonyl (C=O) groups is 1. The molecule has 2 atom stereocenters. The SMILES string of the molecule is COc1cc(C(=O)N2CC[C@H](N(C)C)C2)cnc1-c1cc2nccc(-c3ccc(N4CC[C@H](F)C4)c(C#N)c3)c2o1. The lowest BCUT2D eigenvalue weighted by atomic mass is 10.0.